The van der Waals surface area contributed by atoms with Crippen molar-refractivity contribution in [3.8, 4) is 0 Å². The molecule has 0 atom stereocenters. The van der Waals surface area contributed by atoms with E-state index in [1.165, 1.54) is 0 Å². The molecular formula is C13H18ClF3N2O. The van der Waals surface area contributed by atoms with Gasteiger partial charge in [0.25, 0.3) is 0 Å². The van der Waals surface area contributed by atoms with Crippen molar-refractivity contribution >= 4 is 24.0 Å². The first kappa shape index (κ1) is 18.7. The quantitative estimate of drug-likeness (QED) is 0.847. The zero-order valence-corrected chi connectivity index (χ0v) is 11.9. The van der Waals surface area contributed by atoms with Crippen molar-refractivity contribution in [3.05, 3.63) is 29.8 Å². The summed E-state index contributed by atoms with van der Waals surface area (Å²) in [5, 5.41) is 5.47. The molecule has 0 unspecified atom stereocenters. The summed E-state index contributed by atoms with van der Waals surface area (Å²) in [5.41, 5.74) is 0.950. The SMILES string of the molecule is CNCCC(=O)Nc1ccccc1CCC(F)(F)F.Cl. The fraction of sp³-hybridized carbons (Fsp3) is 0.462. The predicted octanol–water partition coefficient (Wildman–Crippen LogP) is 3.15. The van der Waals surface area contributed by atoms with Gasteiger partial charge in [0.1, 0.15) is 0 Å². The molecule has 0 saturated heterocycles. The minimum atomic E-state index is -4.19. The molecule has 1 rings (SSSR count). The highest BCUT2D eigenvalue weighted by Crippen LogP contribution is 2.25. The molecule has 3 nitrogen and oxygen atoms in total. The summed E-state index contributed by atoms with van der Waals surface area (Å²) in [5.74, 6) is -0.214. The van der Waals surface area contributed by atoms with E-state index in [9.17, 15) is 18.0 Å². The summed E-state index contributed by atoms with van der Waals surface area (Å²) in [6.07, 6.45) is -4.93. The second-order valence-electron chi connectivity index (χ2n) is 4.17. The minimum Gasteiger partial charge on any atom is -0.326 e. The lowest BCUT2D eigenvalue weighted by atomic mass is 10.1. The van der Waals surface area contributed by atoms with Crippen molar-refractivity contribution in [1.82, 2.24) is 5.32 Å². The number of rotatable bonds is 6. The molecule has 0 aliphatic heterocycles. The predicted molar refractivity (Wildman–Crippen MR) is 75.2 cm³/mol. The Morgan fingerprint density at radius 1 is 1.25 bits per heavy atom. The van der Waals surface area contributed by atoms with Crippen LogP contribution in [0.2, 0.25) is 0 Å². The number of carbonyl (C=O) groups is 1. The molecule has 0 bridgehead atoms. The van der Waals surface area contributed by atoms with E-state index in [1.807, 2.05) is 0 Å². The van der Waals surface area contributed by atoms with Gasteiger partial charge < -0.3 is 10.6 Å². The van der Waals surface area contributed by atoms with Crippen molar-refractivity contribution < 1.29 is 18.0 Å². The summed E-state index contributed by atoms with van der Waals surface area (Å²) < 4.78 is 36.6. The van der Waals surface area contributed by atoms with Crippen LogP contribution >= 0.6 is 12.4 Å². The Hall–Kier alpha value is -1.27. The molecule has 114 valence electrons. The van der Waals surface area contributed by atoms with Crippen LogP contribution in [0.15, 0.2) is 24.3 Å². The summed E-state index contributed by atoms with van der Waals surface area (Å²) in [4.78, 5) is 11.6. The highest BCUT2D eigenvalue weighted by atomic mass is 35.5. The molecule has 0 fully saturated rings. The molecule has 1 aromatic rings. The first-order chi connectivity index (χ1) is 8.92. The molecule has 0 radical (unpaired) electrons. The molecule has 0 saturated carbocycles. The molecule has 0 aliphatic carbocycles. The van der Waals surface area contributed by atoms with Gasteiger partial charge in [-0.1, -0.05) is 18.2 Å². The summed E-state index contributed by atoms with van der Waals surface area (Å²) in [7, 11) is 1.73. The third-order valence-electron chi connectivity index (χ3n) is 2.57. The molecule has 2 N–H and O–H groups in total. The van der Waals surface area contributed by atoms with E-state index in [4.69, 9.17) is 0 Å². The van der Waals surface area contributed by atoms with Crippen molar-refractivity contribution in [3.63, 3.8) is 0 Å². The zero-order valence-electron chi connectivity index (χ0n) is 11.1. The molecule has 0 aromatic heterocycles. The second kappa shape index (κ2) is 8.81. The van der Waals surface area contributed by atoms with E-state index >= 15 is 0 Å². The van der Waals surface area contributed by atoms with Gasteiger partial charge >= 0.3 is 6.18 Å². The van der Waals surface area contributed by atoms with Gasteiger partial charge in [0.05, 0.1) is 0 Å². The zero-order chi connectivity index (χ0) is 14.3. The topological polar surface area (TPSA) is 41.1 Å². The van der Waals surface area contributed by atoms with Crippen LogP contribution in [-0.2, 0) is 11.2 Å². The maximum Gasteiger partial charge on any atom is 0.389 e. The third kappa shape index (κ3) is 7.35. The number of carbonyl (C=O) groups excluding carboxylic acids is 1. The van der Waals surface area contributed by atoms with Crippen LogP contribution in [0, 0.1) is 0 Å². The van der Waals surface area contributed by atoms with E-state index in [0.29, 0.717) is 17.8 Å². The van der Waals surface area contributed by atoms with E-state index in [0.717, 1.165) is 0 Å². The van der Waals surface area contributed by atoms with Gasteiger partial charge in [-0.15, -0.1) is 12.4 Å². The highest BCUT2D eigenvalue weighted by Gasteiger charge is 2.26. The molecule has 0 aliphatic rings. The number of aryl methyl sites for hydroxylation is 1. The lowest BCUT2D eigenvalue weighted by Gasteiger charge is -2.12. The van der Waals surface area contributed by atoms with E-state index in [2.05, 4.69) is 10.6 Å². The molecule has 0 heterocycles. The Morgan fingerprint density at radius 3 is 2.50 bits per heavy atom. The van der Waals surface area contributed by atoms with Crippen LogP contribution in [0.4, 0.5) is 18.9 Å². The molecular weight excluding hydrogens is 293 g/mol. The van der Waals surface area contributed by atoms with Crippen LogP contribution in [0.3, 0.4) is 0 Å². The van der Waals surface area contributed by atoms with Crippen molar-refractivity contribution in [2.75, 3.05) is 18.9 Å². The minimum absolute atomic E-state index is 0. The Bertz CT molecular complexity index is 424. The first-order valence-electron chi connectivity index (χ1n) is 6.01. The standard InChI is InChI=1S/C13H17F3N2O.ClH/c1-17-9-7-12(19)18-11-5-3-2-4-10(11)6-8-13(14,15)16;/h2-5,17H,6-9H2,1H3,(H,18,19);1H. The normalized spacial score (nSPS) is 10.8. The number of para-hydroxylation sites is 1. The molecule has 1 amide bonds. The van der Waals surface area contributed by atoms with Crippen LogP contribution < -0.4 is 10.6 Å². The van der Waals surface area contributed by atoms with Crippen LogP contribution in [-0.4, -0.2) is 25.7 Å². The van der Waals surface area contributed by atoms with Gasteiger partial charge in [-0.2, -0.15) is 13.2 Å². The number of alkyl halides is 3. The second-order valence-corrected chi connectivity index (χ2v) is 4.17. The fourth-order valence-corrected chi connectivity index (χ4v) is 1.59. The molecule has 7 heteroatoms. The number of hydrogen-bond donors (Lipinski definition) is 2. The van der Waals surface area contributed by atoms with Crippen molar-refractivity contribution in [2.24, 2.45) is 0 Å². The summed E-state index contributed by atoms with van der Waals surface area (Å²) >= 11 is 0. The summed E-state index contributed by atoms with van der Waals surface area (Å²) in [6.45, 7) is 0.524. The Labute approximate surface area is 122 Å². The van der Waals surface area contributed by atoms with Crippen LogP contribution in [0.5, 0.6) is 0 Å². The van der Waals surface area contributed by atoms with Crippen molar-refractivity contribution in [1.29, 1.82) is 0 Å². The number of amides is 1. The lowest BCUT2D eigenvalue weighted by Crippen LogP contribution is -2.19. The average Bonchev–Trinajstić information content (AvgIpc) is 2.34. The lowest BCUT2D eigenvalue weighted by molar-refractivity contribution is -0.133. The van der Waals surface area contributed by atoms with Crippen molar-refractivity contribution in [2.45, 2.75) is 25.4 Å². The Kier molecular flexibility index (Phi) is 8.25. The maximum atomic E-state index is 12.2. The third-order valence-corrected chi connectivity index (χ3v) is 2.57. The maximum absolute atomic E-state index is 12.2. The van der Waals surface area contributed by atoms with Crippen LogP contribution in [0.1, 0.15) is 18.4 Å². The first-order valence-corrected chi connectivity index (χ1v) is 6.01. The van der Waals surface area contributed by atoms with Gasteiger partial charge in [0.15, 0.2) is 0 Å². The van der Waals surface area contributed by atoms with Gasteiger partial charge in [-0.05, 0) is 25.1 Å². The van der Waals surface area contributed by atoms with Gasteiger partial charge in [-0.25, -0.2) is 0 Å². The van der Waals surface area contributed by atoms with E-state index < -0.39 is 12.6 Å². The smallest absolute Gasteiger partial charge is 0.326 e. The largest absolute Gasteiger partial charge is 0.389 e. The number of hydrogen-bond acceptors (Lipinski definition) is 2. The highest BCUT2D eigenvalue weighted by molar-refractivity contribution is 5.91. The van der Waals surface area contributed by atoms with Gasteiger partial charge in [0.2, 0.25) is 5.91 Å². The van der Waals surface area contributed by atoms with E-state index in [-0.39, 0.29) is 31.2 Å². The number of benzene rings is 1. The Balaban J connectivity index is 0.00000361. The Morgan fingerprint density at radius 2 is 1.90 bits per heavy atom. The monoisotopic (exact) mass is 310 g/mol. The fourth-order valence-electron chi connectivity index (χ4n) is 1.59. The summed E-state index contributed by atoms with van der Waals surface area (Å²) in [6, 6.07) is 6.56. The van der Waals surface area contributed by atoms with E-state index in [1.54, 1.807) is 31.3 Å². The molecule has 1 aromatic carbocycles. The van der Waals surface area contributed by atoms with Crippen LogP contribution in [0.25, 0.3) is 0 Å². The number of halogens is 4. The van der Waals surface area contributed by atoms with Gasteiger partial charge in [-0.3, -0.25) is 4.79 Å². The molecule has 0 spiro atoms. The number of nitrogens with one attached hydrogen (secondary N) is 2. The van der Waals surface area contributed by atoms with Gasteiger partial charge in [0, 0.05) is 25.1 Å². The molecule has 20 heavy (non-hydrogen) atoms. The average molecular weight is 311 g/mol. The number of anilines is 1.